The van der Waals surface area contributed by atoms with E-state index < -0.39 is 0 Å². The lowest BCUT2D eigenvalue weighted by atomic mass is 10.2. The largest absolute Gasteiger partial charge is 1.00 e. The summed E-state index contributed by atoms with van der Waals surface area (Å²) in [5.41, 5.74) is 4.27. The number of rotatable bonds is 1. The molecule has 1 aromatic rings. The van der Waals surface area contributed by atoms with Crippen molar-refractivity contribution in [1.82, 2.24) is 4.57 Å². The highest BCUT2D eigenvalue weighted by Crippen LogP contribution is 2.14. The molecule has 14 heavy (non-hydrogen) atoms. The average Bonchev–Trinajstić information content (AvgIpc) is 2.48. The Balaban J connectivity index is 0.000000980. The first-order valence-electron chi connectivity index (χ1n) is 4.97. The predicted octanol–water partition coefficient (Wildman–Crippen LogP) is -1.34. The lowest BCUT2D eigenvalue weighted by molar-refractivity contribution is -0.502. The van der Waals surface area contributed by atoms with Crippen LogP contribution in [0.1, 0.15) is 24.7 Å². The van der Waals surface area contributed by atoms with Crippen LogP contribution in [0.15, 0.2) is 12.1 Å². The summed E-state index contributed by atoms with van der Waals surface area (Å²) in [5, 5.41) is 0. The molecule has 3 heteroatoms. The van der Waals surface area contributed by atoms with Gasteiger partial charge in [-0.3, -0.25) is 0 Å². The van der Waals surface area contributed by atoms with E-state index in [-0.39, 0.29) is 12.4 Å². The molecule has 2 rings (SSSR count). The molecule has 1 aromatic heterocycles. The van der Waals surface area contributed by atoms with Gasteiger partial charge in [-0.1, -0.05) is 6.92 Å². The minimum absolute atomic E-state index is 0. The van der Waals surface area contributed by atoms with Crippen LogP contribution in [0, 0.1) is 6.92 Å². The lowest BCUT2D eigenvalue weighted by Crippen LogP contribution is -3.00. The number of aromatic nitrogens is 1. The summed E-state index contributed by atoms with van der Waals surface area (Å²) >= 11 is 0. The van der Waals surface area contributed by atoms with Crippen molar-refractivity contribution in [3.05, 3.63) is 23.5 Å². The first kappa shape index (κ1) is 11.3. The number of nitrogens with zero attached hydrogens (tertiary/aromatic N) is 2. The van der Waals surface area contributed by atoms with E-state index in [2.05, 4.69) is 42.2 Å². The molecular weight excluding hydrogens is 196 g/mol. The molecule has 0 unspecified atom stereocenters. The fourth-order valence-electron chi connectivity index (χ4n) is 2.15. The molecule has 2 heterocycles. The van der Waals surface area contributed by atoms with Gasteiger partial charge in [-0.15, -0.1) is 0 Å². The van der Waals surface area contributed by atoms with Crippen molar-refractivity contribution in [3.8, 4) is 0 Å². The molecule has 1 aliphatic rings. The van der Waals surface area contributed by atoms with Crippen molar-refractivity contribution in [2.45, 2.75) is 26.8 Å². The zero-order valence-electron chi connectivity index (χ0n) is 9.05. The van der Waals surface area contributed by atoms with E-state index in [9.17, 15) is 0 Å². The molecule has 0 amide bonds. The summed E-state index contributed by atoms with van der Waals surface area (Å²) < 4.78 is 4.79. The van der Waals surface area contributed by atoms with Crippen LogP contribution in [0.5, 0.6) is 0 Å². The summed E-state index contributed by atoms with van der Waals surface area (Å²) in [5.74, 6) is 0. The van der Waals surface area contributed by atoms with Crippen molar-refractivity contribution in [2.24, 2.45) is 0 Å². The highest BCUT2D eigenvalue weighted by atomic mass is 35.5. The zero-order chi connectivity index (χ0) is 9.42. The number of halogens is 1. The van der Waals surface area contributed by atoms with Gasteiger partial charge in [-0.05, 0) is 19.1 Å². The molecule has 0 spiro atoms. The quantitative estimate of drug-likeness (QED) is 0.509. The van der Waals surface area contributed by atoms with Crippen LogP contribution < -0.4 is 12.4 Å². The normalized spacial score (nSPS) is 15.1. The Kier molecular flexibility index (Phi) is 3.38. The Morgan fingerprint density at radius 3 is 2.79 bits per heavy atom. The molecule has 0 N–H and O–H groups in total. The number of fused-ring (bicyclic) bond motifs is 1. The Hall–Kier alpha value is -0.760. The molecule has 0 aromatic carbocycles. The molecule has 1 aliphatic heterocycles. The monoisotopic (exact) mass is 212 g/mol. The van der Waals surface area contributed by atoms with Gasteiger partial charge in [0, 0.05) is 12.1 Å². The van der Waals surface area contributed by atoms with E-state index in [0.29, 0.717) is 0 Å². The van der Waals surface area contributed by atoms with Gasteiger partial charge in [0.15, 0.2) is 12.3 Å². The van der Waals surface area contributed by atoms with E-state index in [4.69, 9.17) is 0 Å². The second kappa shape index (κ2) is 4.18. The van der Waals surface area contributed by atoms with Crippen molar-refractivity contribution in [1.29, 1.82) is 0 Å². The van der Waals surface area contributed by atoms with Crippen LogP contribution >= 0.6 is 0 Å². The van der Waals surface area contributed by atoms with Crippen molar-refractivity contribution in [3.63, 3.8) is 0 Å². The van der Waals surface area contributed by atoms with Crippen molar-refractivity contribution < 1.29 is 17.0 Å². The summed E-state index contributed by atoms with van der Waals surface area (Å²) in [4.78, 5) is 0. The Labute approximate surface area is 91.7 Å². The maximum Gasteiger partial charge on any atom is 0.199 e. The van der Waals surface area contributed by atoms with E-state index in [0.717, 1.165) is 19.5 Å². The SMILES string of the molecule is CCC1=[N+](C)CCn2c(C)ccc21.[Cl-]. The molecule has 78 valence electrons. The summed E-state index contributed by atoms with van der Waals surface area (Å²) in [7, 11) is 2.19. The maximum absolute atomic E-state index is 2.42. The van der Waals surface area contributed by atoms with E-state index >= 15 is 0 Å². The molecule has 0 radical (unpaired) electrons. The van der Waals surface area contributed by atoms with Gasteiger partial charge in [0.25, 0.3) is 0 Å². The third-order valence-electron chi connectivity index (χ3n) is 2.95. The van der Waals surface area contributed by atoms with Gasteiger partial charge in [-0.2, -0.15) is 0 Å². The first-order valence-corrected chi connectivity index (χ1v) is 4.97. The first-order chi connectivity index (χ1) is 6.24. The molecule has 0 aliphatic carbocycles. The minimum Gasteiger partial charge on any atom is -1.00 e. The predicted molar refractivity (Wildman–Crippen MR) is 54.6 cm³/mol. The molecule has 0 saturated heterocycles. The van der Waals surface area contributed by atoms with Crippen LogP contribution in [0.25, 0.3) is 0 Å². The van der Waals surface area contributed by atoms with Crippen LogP contribution in [0.3, 0.4) is 0 Å². The Bertz CT molecular complexity index is 363. The third kappa shape index (κ3) is 1.59. The molecule has 0 bridgehead atoms. The highest BCUT2D eigenvalue weighted by molar-refractivity contribution is 5.95. The van der Waals surface area contributed by atoms with E-state index in [1.54, 1.807) is 0 Å². The highest BCUT2D eigenvalue weighted by Gasteiger charge is 2.21. The Morgan fingerprint density at radius 2 is 2.14 bits per heavy atom. The molecular formula is C11H17ClN2. The van der Waals surface area contributed by atoms with Crippen molar-refractivity contribution in [2.75, 3.05) is 13.6 Å². The molecule has 2 nitrogen and oxygen atoms in total. The summed E-state index contributed by atoms with van der Waals surface area (Å²) in [6.07, 6.45) is 1.12. The third-order valence-corrected chi connectivity index (χ3v) is 2.95. The molecule has 0 fully saturated rings. The van der Waals surface area contributed by atoms with Crippen LogP contribution in [-0.2, 0) is 6.54 Å². The standard InChI is InChI=1S/C11H17N2.ClH/c1-4-10-11-6-5-9(2)13(11)8-7-12(10)3;/h5-6H,4,7-8H2,1-3H3;1H/q+1;/p-1. The van der Waals surface area contributed by atoms with Gasteiger partial charge >= 0.3 is 0 Å². The summed E-state index contributed by atoms with van der Waals surface area (Å²) in [6, 6.07) is 4.45. The van der Waals surface area contributed by atoms with Crippen LogP contribution in [0.2, 0.25) is 0 Å². The van der Waals surface area contributed by atoms with Crippen LogP contribution in [-0.4, -0.2) is 28.4 Å². The molecule has 0 saturated carbocycles. The summed E-state index contributed by atoms with van der Waals surface area (Å²) in [6.45, 7) is 6.69. The Morgan fingerprint density at radius 1 is 1.43 bits per heavy atom. The van der Waals surface area contributed by atoms with Gasteiger partial charge in [-0.25, -0.2) is 4.58 Å². The minimum atomic E-state index is 0. The second-order valence-electron chi connectivity index (χ2n) is 3.73. The van der Waals surface area contributed by atoms with Gasteiger partial charge < -0.3 is 17.0 Å². The fraction of sp³-hybridized carbons (Fsp3) is 0.545. The lowest BCUT2D eigenvalue weighted by Gasteiger charge is -2.16. The maximum atomic E-state index is 2.42. The zero-order valence-corrected chi connectivity index (χ0v) is 9.80. The number of hydrogen-bond donors (Lipinski definition) is 0. The second-order valence-corrected chi connectivity index (χ2v) is 3.73. The number of hydrogen-bond acceptors (Lipinski definition) is 0. The topological polar surface area (TPSA) is 7.94 Å². The smallest absolute Gasteiger partial charge is 0.199 e. The van der Waals surface area contributed by atoms with E-state index in [1.165, 1.54) is 17.1 Å². The average molecular weight is 213 g/mol. The van der Waals surface area contributed by atoms with Crippen molar-refractivity contribution >= 4 is 5.71 Å². The fourth-order valence-corrected chi connectivity index (χ4v) is 2.15. The van der Waals surface area contributed by atoms with Gasteiger partial charge in [0.2, 0.25) is 0 Å². The van der Waals surface area contributed by atoms with Crippen LogP contribution in [0.4, 0.5) is 0 Å². The van der Waals surface area contributed by atoms with E-state index in [1.807, 2.05) is 0 Å². The van der Waals surface area contributed by atoms with Gasteiger partial charge in [0.1, 0.15) is 12.7 Å². The van der Waals surface area contributed by atoms with Gasteiger partial charge in [0.05, 0.1) is 6.54 Å². The number of likely N-dealkylation sites (N-methyl/N-ethyl adjacent to an activating group) is 1. The number of aryl methyl sites for hydroxylation is 1. The molecule has 0 atom stereocenters.